The lowest BCUT2D eigenvalue weighted by Gasteiger charge is -2.17. The van der Waals surface area contributed by atoms with Crippen molar-refractivity contribution in [1.29, 1.82) is 0 Å². The number of aryl methyl sites for hydroxylation is 1. The molecule has 8 heteroatoms. The summed E-state index contributed by atoms with van der Waals surface area (Å²) < 4.78 is 42.3. The van der Waals surface area contributed by atoms with Crippen LogP contribution >= 0.6 is 0 Å². The second kappa shape index (κ2) is 5.70. The highest BCUT2D eigenvalue weighted by Gasteiger charge is 2.36. The van der Waals surface area contributed by atoms with Gasteiger partial charge in [0.05, 0.1) is 17.9 Å². The highest BCUT2D eigenvalue weighted by atomic mass is 32.2. The summed E-state index contributed by atoms with van der Waals surface area (Å²) in [5, 5.41) is 4.46. The fourth-order valence-electron chi connectivity index (χ4n) is 2.83. The summed E-state index contributed by atoms with van der Waals surface area (Å²) in [7, 11) is 1.81. The maximum atomic E-state index is 13.9. The Bertz CT molecular complexity index is 845. The van der Waals surface area contributed by atoms with Gasteiger partial charge in [-0.2, -0.15) is 9.40 Å². The van der Waals surface area contributed by atoms with Gasteiger partial charge in [-0.15, -0.1) is 0 Å². The largest absolute Gasteiger partial charge is 0.303 e. The van der Waals surface area contributed by atoms with E-state index < -0.39 is 15.8 Å². The van der Waals surface area contributed by atoms with E-state index in [1.165, 1.54) is 22.5 Å². The number of aromatic nitrogens is 2. The summed E-state index contributed by atoms with van der Waals surface area (Å²) in [4.78, 5) is 1.70. The first-order valence-electron chi connectivity index (χ1n) is 7.23. The minimum atomic E-state index is -3.87. The van der Waals surface area contributed by atoms with Crippen LogP contribution in [0.15, 0.2) is 29.2 Å². The first kappa shape index (κ1) is 16.1. The maximum absolute atomic E-state index is 13.9. The Labute approximate surface area is 135 Å². The Morgan fingerprint density at radius 3 is 2.61 bits per heavy atom. The summed E-state index contributed by atoms with van der Waals surface area (Å²) in [6, 6.07) is 5.46. The highest BCUT2D eigenvalue weighted by molar-refractivity contribution is 7.89. The molecule has 0 unspecified atom stereocenters. The number of sulfonamides is 1. The second-order valence-electron chi connectivity index (χ2n) is 5.94. The molecule has 0 spiro atoms. The Hall–Kier alpha value is -1.77. The summed E-state index contributed by atoms with van der Waals surface area (Å²) in [5.41, 5.74) is 2.64. The molecule has 0 saturated heterocycles. The maximum Gasteiger partial charge on any atom is 0.246 e. The molecule has 0 N–H and O–H groups in total. The lowest BCUT2D eigenvalue weighted by molar-refractivity contribution is 0.383. The summed E-state index contributed by atoms with van der Waals surface area (Å²) >= 11 is 0. The lowest BCUT2D eigenvalue weighted by atomic mass is 10.2. The van der Waals surface area contributed by atoms with E-state index in [0.29, 0.717) is 6.54 Å². The zero-order valence-electron chi connectivity index (χ0n) is 13.3. The molecule has 124 valence electrons. The third-order valence-electron chi connectivity index (χ3n) is 3.94. The minimum Gasteiger partial charge on any atom is -0.303 e. The molecule has 3 rings (SSSR count). The van der Waals surface area contributed by atoms with Crippen molar-refractivity contribution >= 4 is 10.0 Å². The van der Waals surface area contributed by atoms with Crippen LogP contribution in [-0.2, 0) is 36.7 Å². The van der Waals surface area contributed by atoms with Gasteiger partial charge in [0.15, 0.2) is 0 Å². The number of hydrogen-bond acceptors (Lipinski definition) is 4. The molecule has 1 aliphatic heterocycles. The minimum absolute atomic E-state index is 0.211. The van der Waals surface area contributed by atoms with Gasteiger partial charge in [-0.1, -0.05) is 12.1 Å². The first-order valence-corrected chi connectivity index (χ1v) is 8.67. The third kappa shape index (κ3) is 2.77. The molecule has 0 aliphatic carbocycles. The van der Waals surface area contributed by atoms with Crippen LogP contribution in [0, 0.1) is 5.82 Å². The molecule has 0 atom stereocenters. The molecule has 1 aromatic carbocycles. The van der Waals surface area contributed by atoms with Crippen LogP contribution in [0.3, 0.4) is 0 Å². The monoisotopic (exact) mass is 338 g/mol. The Balaban J connectivity index is 1.95. The lowest BCUT2D eigenvalue weighted by Crippen LogP contribution is -2.27. The van der Waals surface area contributed by atoms with E-state index in [1.54, 1.807) is 11.7 Å². The Morgan fingerprint density at radius 1 is 1.26 bits per heavy atom. The third-order valence-corrected chi connectivity index (χ3v) is 5.76. The predicted molar refractivity (Wildman–Crippen MR) is 83.4 cm³/mol. The van der Waals surface area contributed by atoms with E-state index in [0.717, 1.165) is 23.0 Å². The molecule has 6 nitrogen and oxygen atoms in total. The summed E-state index contributed by atoms with van der Waals surface area (Å²) in [5.74, 6) is -0.727. The SMILES string of the molecule is CN(C)Cc1nn(C)c2c1CN(S(=O)(=O)c1ccccc1F)C2. The Morgan fingerprint density at radius 2 is 1.96 bits per heavy atom. The smallest absolute Gasteiger partial charge is 0.246 e. The molecular weight excluding hydrogens is 319 g/mol. The van der Waals surface area contributed by atoms with Gasteiger partial charge in [-0.05, 0) is 26.2 Å². The molecule has 0 fully saturated rings. The van der Waals surface area contributed by atoms with Crippen LogP contribution < -0.4 is 0 Å². The van der Waals surface area contributed by atoms with Gasteiger partial charge < -0.3 is 4.90 Å². The van der Waals surface area contributed by atoms with Gasteiger partial charge in [0.25, 0.3) is 0 Å². The van der Waals surface area contributed by atoms with Gasteiger partial charge in [0.2, 0.25) is 10.0 Å². The molecule has 0 saturated carbocycles. The molecule has 1 aromatic heterocycles. The van der Waals surface area contributed by atoms with Crippen LogP contribution in [0.4, 0.5) is 4.39 Å². The van der Waals surface area contributed by atoms with Gasteiger partial charge >= 0.3 is 0 Å². The van der Waals surface area contributed by atoms with E-state index in [9.17, 15) is 12.8 Å². The number of nitrogens with zero attached hydrogens (tertiary/aromatic N) is 4. The predicted octanol–water partition coefficient (Wildman–Crippen LogP) is 1.33. The van der Waals surface area contributed by atoms with Crippen molar-refractivity contribution in [1.82, 2.24) is 19.0 Å². The highest BCUT2D eigenvalue weighted by Crippen LogP contribution is 2.31. The molecule has 1 aliphatic rings. The molecule has 0 amide bonds. The zero-order chi connectivity index (χ0) is 16.8. The van der Waals surface area contributed by atoms with Crippen molar-refractivity contribution in [3.05, 3.63) is 47.0 Å². The van der Waals surface area contributed by atoms with Crippen molar-refractivity contribution in [2.75, 3.05) is 14.1 Å². The summed E-state index contributed by atoms with van der Waals surface area (Å²) in [6.07, 6.45) is 0. The standard InChI is InChI=1S/C15H19FN4O2S/c1-18(2)9-13-11-8-20(10-14(11)19(3)17-13)23(21,22)15-7-5-4-6-12(15)16/h4-7H,8-10H2,1-3H3. The van der Waals surface area contributed by atoms with Crippen molar-refractivity contribution in [3.8, 4) is 0 Å². The van der Waals surface area contributed by atoms with E-state index in [4.69, 9.17) is 0 Å². The second-order valence-corrected chi connectivity index (χ2v) is 7.84. The van der Waals surface area contributed by atoms with Gasteiger partial charge in [0, 0.05) is 25.7 Å². The zero-order valence-corrected chi connectivity index (χ0v) is 14.1. The average Bonchev–Trinajstić information content (AvgIpc) is 3.01. The van der Waals surface area contributed by atoms with Crippen molar-refractivity contribution in [2.45, 2.75) is 24.5 Å². The number of hydrogen-bond donors (Lipinski definition) is 0. The van der Waals surface area contributed by atoms with Gasteiger partial charge in [0.1, 0.15) is 10.7 Å². The van der Waals surface area contributed by atoms with Gasteiger partial charge in [-0.3, -0.25) is 4.68 Å². The number of benzene rings is 1. The van der Waals surface area contributed by atoms with E-state index in [2.05, 4.69) is 5.10 Å². The van der Waals surface area contributed by atoms with Crippen molar-refractivity contribution < 1.29 is 12.8 Å². The topological polar surface area (TPSA) is 58.4 Å². The molecular formula is C15H19FN4O2S. The van der Waals surface area contributed by atoms with Crippen LogP contribution in [0.5, 0.6) is 0 Å². The molecule has 23 heavy (non-hydrogen) atoms. The normalized spacial score (nSPS) is 15.3. The first-order chi connectivity index (χ1) is 10.8. The molecule has 2 aromatic rings. The van der Waals surface area contributed by atoms with Crippen LogP contribution in [0.25, 0.3) is 0 Å². The fourth-order valence-corrected chi connectivity index (χ4v) is 4.27. The number of fused-ring (bicyclic) bond motifs is 1. The van der Waals surface area contributed by atoms with Crippen molar-refractivity contribution in [2.24, 2.45) is 7.05 Å². The summed E-state index contributed by atoms with van der Waals surface area (Å²) in [6.45, 7) is 1.07. The Kier molecular flexibility index (Phi) is 3.99. The molecule has 0 radical (unpaired) electrons. The van der Waals surface area contributed by atoms with Gasteiger partial charge in [-0.25, -0.2) is 12.8 Å². The molecule has 0 bridgehead atoms. The van der Waals surface area contributed by atoms with Crippen LogP contribution in [0.1, 0.15) is 17.0 Å². The van der Waals surface area contributed by atoms with E-state index in [1.807, 2.05) is 19.0 Å². The van der Waals surface area contributed by atoms with E-state index >= 15 is 0 Å². The number of rotatable bonds is 4. The van der Waals surface area contributed by atoms with Crippen molar-refractivity contribution in [3.63, 3.8) is 0 Å². The quantitative estimate of drug-likeness (QED) is 0.844. The van der Waals surface area contributed by atoms with E-state index in [-0.39, 0.29) is 18.0 Å². The number of halogens is 1. The average molecular weight is 338 g/mol. The molecule has 2 heterocycles. The van der Waals surface area contributed by atoms with Crippen LogP contribution in [-0.4, -0.2) is 41.5 Å². The van der Waals surface area contributed by atoms with Crippen LogP contribution in [0.2, 0.25) is 0 Å². The fraction of sp³-hybridized carbons (Fsp3) is 0.400.